The molecule has 0 fully saturated rings. The fourth-order valence-electron chi connectivity index (χ4n) is 1.57. The molecular formula is C13H10ClNO3. The number of carboxylic acid groups (broad SMARTS) is 1. The highest BCUT2D eigenvalue weighted by molar-refractivity contribution is 6.33. The van der Waals surface area contributed by atoms with Gasteiger partial charge in [-0.1, -0.05) is 11.6 Å². The van der Waals surface area contributed by atoms with Crippen molar-refractivity contribution in [3.05, 3.63) is 47.2 Å². The summed E-state index contributed by atoms with van der Waals surface area (Å²) in [5.74, 6) is -0.418. The number of benzene rings is 1. The second kappa shape index (κ2) is 5.06. The van der Waals surface area contributed by atoms with Crippen molar-refractivity contribution in [2.24, 2.45) is 0 Å². The fraction of sp³-hybridized carbons (Fsp3) is 0.0769. The third kappa shape index (κ3) is 2.43. The predicted octanol–water partition coefficient (Wildman–Crippen LogP) is 3.11. The van der Waals surface area contributed by atoms with E-state index in [-0.39, 0.29) is 5.69 Å². The molecule has 0 aliphatic carbocycles. The Balaban J connectivity index is 2.54. The van der Waals surface area contributed by atoms with Crippen molar-refractivity contribution in [2.45, 2.75) is 0 Å². The van der Waals surface area contributed by atoms with Crippen molar-refractivity contribution in [3.63, 3.8) is 0 Å². The van der Waals surface area contributed by atoms with Gasteiger partial charge in [0.25, 0.3) is 0 Å². The summed E-state index contributed by atoms with van der Waals surface area (Å²) in [4.78, 5) is 14.6. The lowest BCUT2D eigenvalue weighted by atomic mass is 10.1. The first-order valence-electron chi connectivity index (χ1n) is 5.15. The smallest absolute Gasteiger partial charge is 0.354 e. The summed E-state index contributed by atoms with van der Waals surface area (Å²) in [5, 5.41) is 9.43. The SMILES string of the molecule is COc1ccc(Cl)c(-c2ccnc(C(=O)O)c2)c1. The standard InChI is InChI=1S/C13H10ClNO3/c1-18-9-2-3-11(14)10(7-9)8-4-5-15-12(6-8)13(16)17/h2-7H,1H3,(H,16,17). The van der Waals surface area contributed by atoms with Gasteiger partial charge in [-0.15, -0.1) is 0 Å². The molecule has 0 bridgehead atoms. The molecule has 0 saturated heterocycles. The van der Waals surface area contributed by atoms with E-state index in [4.69, 9.17) is 21.4 Å². The maximum Gasteiger partial charge on any atom is 0.354 e. The number of nitrogens with zero attached hydrogens (tertiary/aromatic N) is 1. The van der Waals surface area contributed by atoms with Gasteiger partial charge in [0.05, 0.1) is 7.11 Å². The number of hydrogen-bond donors (Lipinski definition) is 1. The molecular weight excluding hydrogens is 254 g/mol. The summed E-state index contributed by atoms with van der Waals surface area (Å²) < 4.78 is 5.12. The molecule has 0 aliphatic heterocycles. The molecule has 0 saturated carbocycles. The Kier molecular flexibility index (Phi) is 3.48. The number of aromatic carboxylic acids is 1. The lowest BCUT2D eigenvalue weighted by molar-refractivity contribution is 0.0690. The molecule has 0 aliphatic rings. The lowest BCUT2D eigenvalue weighted by Gasteiger charge is -2.07. The van der Waals surface area contributed by atoms with E-state index < -0.39 is 5.97 Å². The van der Waals surface area contributed by atoms with Gasteiger partial charge < -0.3 is 9.84 Å². The van der Waals surface area contributed by atoms with E-state index in [1.54, 1.807) is 31.4 Å². The Morgan fingerprint density at radius 3 is 2.78 bits per heavy atom. The molecule has 2 aromatic rings. The van der Waals surface area contributed by atoms with Gasteiger partial charge in [0, 0.05) is 16.8 Å². The molecule has 5 heteroatoms. The van der Waals surface area contributed by atoms with Crippen LogP contribution in [-0.2, 0) is 0 Å². The maximum absolute atomic E-state index is 10.9. The second-order valence-corrected chi connectivity index (χ2v) is 3.99. The van der Waals surface area contributed by atoms with E-state index in [1.165, 1.54) is 12.3 Å². The summed E-state index contributed by atoms with van der Waals surface area (Å²) in [6.07, 6.45) is 1.44. The van der Waals surface area contributed by atoms with Crippen LogP contribution in [-0.4, -0.2) is 23.2 Å². The van der Waals surface area contributed by atoms with E-state index in [2.05, 4.69) is 4.98 Å². The van der Waals surface area contributed by atoms with Crippen molar-refractivity contribution in [1.82, 2.24) is 4.98 Å². The van der Waals surface area contributed by atoms with Crippen LogP contribution in [0, 0.1) is 0 Å². The lowest BCUT2D eigenvalue weighted by Crippen LogP contribution is -1.99. The molecule has 4 nitrogen and oxygen atoms in total. The van der Waals surface area contributed by atoms with E-state index in [9.17, 15) is 4.79 Å². The van der Waals surface area contributed by atoms with E-state index in [0.717, 1.165) is 0 Å². The average molecular weight is 264 g/mol. The number of pyridine rings is 1. The third-order valence-corrected chi connectivity index (χ3v) is 2.79. The molecule has 1 aromatic heterocycles. The number of aromatic nitrogens is 1. The highest BCUT2D eigenvalue weighted by Crippen LogP contribution is 2.31. The molecule has 0 unspecified atom stereocenters. The number of ether oxygens (including phenoxy) is 1. The number of halogens is 1. The average Bonchev–Trinajstić information content (AvgIpc) is 2.39. The topological polar surface area (TPSA) is 59.4 Å². The first-order valence-corrected chi connectivity index (χ1v) is 5.53. The zero-order valence-electron chi connectivity index (χ0n) is 9.55. The van der Waals surface area contributed by atoms with Gasteiger partial charge in [0.2, 0.25) is 0 Å². The minimum Gasteiger partial charge on any atom is -0.497 e. The zero-order valence-corrected chi connectivity index (χ0v) is 10.3. The highest BCUT2D eigenvalue weighted by atomic mass is 35.5. The molecule has 1 aromatic carbocycles. The first kappa shape index (κ1) is 12.4. The van der Waals surface area contributed by atoms with Crippen LogP contribution in [0.2, 0.25) is 5.02 Å². The minimum atomic E-state index is -1.07. The van der Waals surface area contributed by atoms with Gasteiger partial charge in [-0.05, 0) is 35.9 Å². The van der Waals surface area contributed by atoms with Gasteiger partial charge in [0.1, 0.15) is 11.4 Å². The van der Waals surface area contributed by atoms with Crippen LogP contribution in [0.15, 0.2) is 36.5 Å². The van der Waals surface area contributed by atoms with Crippen LogP contribution in [0.3, 0.4) is 0 Å². The molecule has 1 N–H and O–H groups in total. The van der Waals surface area contributed by atoms with Gasteiger partial charge in [0.15, 0.2) is 0 Å². The molecule has 2 rings (SSSR count). The fourth-order valence-corrected chi connectivity index (χ4v) is 1.79. The largest absolute Gasteiger partial charge is 0.497 e. The Morgan fingerprint density at radius 2 is 2.11 bits per heavy atom. The molecule has 1 heterocycles. The molecule has 92 valence electrons. The van der Waals surface area contributed by atoms with Gasteiger partial charge in [-0.2, -0.15) is 0 Å². The van der Waals surface area contributed by atoms with E-state index >= 15 is 0 Å². The van der Waals surface area contributed by atoms with Gasteiger partial charge in [-0.25, -0.2) is 9.78 Å². The normalized spacial score (nSPS) is 10.1. The van der Waals surface area contributed by atoms with Crippen molar-refractivity contribution in [1.29, 1.82) is 0 Å². The molecule has 0 spiro atoms. The van der Waals surface area contributed by atoms with Crippen LogP contribution in [0.5, 0.6) is 5.75 Å². The third-order valence-electron chi connectivity index (χ3n) is 2.46. The summed E-state index contributed by atoms with van der Waals surface area (Å²) in [6, 6.07) is 8.38. The van der Waals surface area contributed by atoms with Crippen LogP contribution in [0.4, 0.5) is 0 Å². The summed E-state index contributed by atoms with van der Waals surface area (Å²) >= 11 is 6.10. The van der Waals surface area contributed by atoms with Gasteiger partial charge in [-0.3, -0.25) is 0 Å². The number of carbonyl (C=O) groups is 1. The van der Waals surface area contributed by atoms with Crippen molar-refractivity contribution >= 4 is 17.6 Å². The van der Waals surface area contributed by atoms with Crippen molar-refractivity contribution in [3.8, 4) is 16.9 Å². The Morgan fingerprint density at radius 1 is 1.33 bits per heavy atom. The number of rotatable bonds is 3. The number of carboxylic acids is 1. The van der Waals surface area contributed by atoms with Crippen LogP contribution >= 0.6 is 11.6 Å². The summed E-state index contributed by atoms with van der Waals surface area (Å²) in [5.41, 5.74) is 1.37. The zero-order chi connectivity index (χ0) is 13.1. The summed E-state index contributed by atoms with van der Waals surface area (Å²) in [6.45, 7) is 0. The van der Waals surface area contributed by atoms with E-state index in [1.807, 2.05) is 0 Å². The summed E-state index contributed by atoms with van der Waals surface area (Å²) in [7, 11) is 1.56. The van der Waals surface area contributed by atoms with Crippen LogP contribution in [0.25, 0.3) is 11.1 Å². The van der Waals surface area contributed by atoms with E-state index in [0.29, 0.717) is 21.9 Å². The molecule has 0 radical (unpaired) electrons. The Bertz CT molecular complexity index is 599. The molecule has 18 heavy (non-hydrogen) atoms. The first-order chi connectivity index (χ1) is 8.61. The number of methoxy groups -OCH3 is 1. The highest BCUT2D eigenvalue weighted by Gasteiger charge is 2.09. The quantitative estimate of drug-likeness (QED) is 0.924. The van der Waals surface area contributed by atoms with Crippen LogP contribution < -0.4 is 4.74 Å². The molecule has 0 amide bonds. The maximum atomic E-state index is 10.9. The predicted molar refractivity (Wildman–Crippen MR) is 68.2 cm³/mol. The Hall–Kier alpha value is -2.07. The van der Waals surface area contributed by atoms with Crippen molar-refractivity contribution in [2.75, 3.05) is 7.11 Å². The second-order valence-electron chi connectivity index (χ2n) is 3.58. The molecule has 0 atom stereocenters. The minimum absolute atomic E-state index is 0.0219. The van der Waals surface area contributed by atoms with Crippen LogP contribution in [0.1, 0.15) is 10.5 Å². The van der Waals surface area contributed by atoms with Gasteiger partial charge >= 0.3 is 5.97 Å². The van der Waals surface area contributed by atoms with Crippen molar-refractivity contribution < 1.29 is 14.6 Å². The number of hydrogen-bond acceptors (Lipinski definition) is 3. The Labute approximate surface area is 109 Å². The monoisotopic (exact) mass is 263 g/mol.